The monoisotopic (exact) mass is 780 g/mol. The molecule has 3 aromatic rings. The smallest absolute Gasteiger partial charge is 0.239 e. The van der Waals surface area contributed by atoms with Gasteiger partial charge in [-0.15, -0.1) is 0 Å². The Labute approximate surface area is 350 Å². The van der Waals surface area contributed by atoms with Crippen molar-refractivity contribution >= 4 is 11.0 Å². The predicted octanol–water partition coefficient (Wildman–Crippen LogP) is 3.45. The highest BCUT2D eigenvalue weighted by molar-refractivity contribution is 5.88. The molecule has 0 radical (unpaired) electrons. The molecule has 2 saturated heterocycles. The highest BCUT2D eigenvalue weighted by Gasteiger charge is 2.51. The van der Waals surface area contributed by atoms with Crippen molar-refractivity contribution in [3.8, 4) is 40.1 Å². The van der Waals surface area contributed by atoms with Gasteiger partial charge in [0.25, 0.3) is 0 Å². The Morgan fingerprint density at radius 3 is 2.02 bits per heavy atom. The average Bonchev–Trinajstić information content (AvgIpc) is 2.87. The molecule has 0 saturated carbocycles. The van der Waals surface area contributed by atoms with Gasteiger partial charge in [0.2, 0.25) is 17.5 Å². The number of ether oxygens (including phenoxy) is 14. The van der Waals surface area contributed by atoms with E-state index in [2.05, 4.69) is 0 Å². The van der Waals surface area contributed by atoms with E-state index < -0.39 is 195 Å². The maximum Gasteiger partial charge on any atom is 0.239 e. The lowest BCUT2D eigenvalue weighted by molar-refractivity contribution is -0.329. The first-order valence-electron chi connectivity index (χ1n) is 29.8. The van der Waals surface area contributed by atoms with Crippen molar-refractivity contribution in [2.75, 3.05) is 77.0 Å². The van der Waals surface area contributed by atoms with Crippen LogP contribution in [0.1, 0.15) is 48.0 Å². The predicted molar refractivity (Wildman–Crippen MR) is 188 cm³/mol. The van der Waals surface area contributed by atoms with Crippen LogP contribution in [0, 0.1) is 0 Å². The minimum Gasteiger partial charge on any atom is -0.496 e. The van der Waals surface area contributed by atoms with Gasteiger partial charge in [-0.25, -0.2) is 0 Å². The number of methoxy groups -OCH3 is 10. The number of rotatable bonds is 16. The largest absolute Gasteiger partial charge is 0.496 e. The number of fused-ring (bicyclic) bond motifs is 1. The zero-order valence-electron chi connectivity index (χ0n) is 56.9. The van der Waals surface area contributed by atoms with Gasteiger partial charge in [-0.1, -0.05) is 0 Å². The van der Waals surface area contributed by atoms with Crippen LogP contribution in [0.5, 0.6) is 28.7 Å². The normalized spacial score (nSPS) is 39.6. The first-order valence-corrected chi connectivity index (χ1v) is 14.8. The first kappa shape index (κ1) is 16.6. The molecule has 0 spiro atoms. The second-order valence-electron chi connectivity index (χ2n) is 11.2. The molecule has 2 aliphatic heterocycles. The molecule has 0 aliphatic carbocycles. The number of benzene rings is 2. The standard InChI is InChI=1S/C37H50O16/c1-18-28(43-6)32(45-8)34(47-10)36(50-18)49-17-25-30(44-7)33(46-9)35(48-11)37(52-25)53-31-27(38)26-23(42-5)15-20(39-2)16-24(26)51-29(31)19-12-13-21(40-3)22(14-19)41-4/h12-16,18,25,28,30,32-37H,17H2,1-11H3/t18-,25+,28-,30+,32+,33-,34+,35+,36+,37-/m0/s1/i2D3,3D3,4D3,5D3,6D3,7D3,8D3,9D3,10D3,11D3. The molecule has 0 bridgehead atoms. The Bertz CT molecular complexity index is 2740. The van der Waals surface area contributed by atoms with E-state index >= 15 is 4.79 Å². The zero-order valence-corrected chi connectivity index (χ0v) is 26.9. The molecular formula is C37H50O16. The minimum atomic E-state index is -3.74. The van der Waals surface area contributed by atoms with Gasteiger partial charge in [0.15, 0.2) is 23.5 Å². The average molecular weight is 781 g/mol. The summed E-state index contributed by atoms with van der Waals surface area (Å²) >= 11 is 0. The van der Waals surface area contributed by atoms with E-state index in [0.717, 1.165) is 19.1 Å². The first-order chi connectivity index (χ1) is 37.1. The topological polar surface area (TPSA) is 159 Å². The summed E-state index contributed by atoms with van der Waals surface area (Å²) < 4.78 is 316. The molecule has 5 rings (SSSR count). The van der Waals surface area contributed by atoms with Crippen molar-refractivity contribution in [2.45, 2.75) is 68.3 Å². The molecule has 53 heavy (non-hydrogen) atoms. The highest BCUT2D eigenvalue weighted by Crippen LogP contribution is 2.41. The van der Waals surface area contributed by atoms with Crippen LogP contribution in [0.15, 0.2) is 39.5 Å². The lowest BCUT2D eigenvalue weighted by Gasteiger charge is -2.46. The van der Waals surface area contributed by atoms with E-state index in [9.17, 15) is 0 Å². The minimum absolute atomic E-state index is 0.592. The third-order valence-electron chi connectivity index (χ3n) is 8.34. The van der Waals surface area contributed by atoms with Crippen molar-refractivity contribution in [1.29, 1.82) is 0 Å². The van der Waals surface area contributed by atoms with Crippen LogP contribution in [0.2, 0.25) is 0 Å². The summed E-state index contributed by atoms with van der Waals surface area (Å²) in [6.07, 6.45) is -23.6. The summed E-state index contributed by atoms with van der Waals surface area (Å²) in [5.74, 6) is -5.91. The fourth-order valence-electron chi connectivity index (χ4n) is 5.84. The van der Waals surface area contributed by atoms with Crippen LogP contribution < -0.4 is 29.1 Å². The number of hydrogen-bond acceptors (Lipinski definition) is 16. The van der Waals surface area contributed by atoms with Gasteiger partial charge in [-0.05, 0) is 25.1 Å². The molecule has 0 unspecified atom stereocenters. The fraction of sp³-hybridized carbons (Fsp3) is 0.595. The molecule has 16 nitrogen and oxygen atoms in total. The molecule has 3 heterocycles. The molecule has 10 atom stereocenters. The van der Waals surface area contributed by atoms with Crippen LogP contribution in [0.25, 0.3) is 22.3 Å². The molecule has 2 aromatic carbocycles. The molecular weight excluding hydrogens is 700 g/mol. The molecule has 1 aromatic heterocycles. The molecule has 2 aliphatic rings. The zero-order chi connectivity index (χ0) is 63.4. The molecule has 0 N–H and O–H groups in total. The van der Waals surface area contributed by atoms with E-state index in [4.69, 9.17) is 112 Å². The van der Waals surface area contributed by atoms with Gasteiger partial charge < -0.3 is 70.7 Å². The van der Waals surface area contributed by atoms with E-state index in [1.165, 1.54) is 0 Å². The Balaban J connectivity index is 1.85. The van der Waals surface area contributed by atoms with Crippen LogP contribution in [0.3, 0.4) is 0 Å². The Morgan fingerprint density at radius 1 is 0.642 bits per heavy atom. The van der Waals surface area contributed by atoms with E-state index in [1.807, 2.05) is 0 Å². The molecule has 2 fully saturated rings. The summed E-state index contributed by atoms with van der Waals surface area (Å²) in [5, 5.41) is -0.986. The van der Waals surface area contributed by atoms with Crippen molar-refractivity contribution < 1.29 is 112 Å². The van der Waals surface area contributed by atoms with E-state index in [1.54, 1.807) is 0 Å². The van der Waals surface area contributed by atoms with Gasteiger partial charge in [0.05, 0.1) is 82.0 Å². The summed E-state index contributed by atoms with van der Waals surface area (Å²) in [6, 6.07) is 3.60. The highest BCUT2D eigenvalue weighted by atomic mass is 16.7. The maximum atomic E-state index is 15.2. The molecule has 294 valence electrons. The maximum absolute atomic E-state index is 15.2. The van der Waals surface area contributed by atoms with Gasteiger partial charge in [-0.3, -0.25) is 4.79 Å². The third kappa shape index (κ3) is 7.92. The SMILES string of the molecule is [2H]C([2H])([2H])Oc1cc(OC([2H])([2H])[2H])c2c(=O)c(O[C@@H]3O[C@H](CO[C@@H]4O[C@@H](C)[C@H](OC([2H])([2H])[2H])[C@@H](OC([2H])([2H])[2H])[C@H]4OC([2H])([2H])[2H])[C@@H](OC([2H])([2H])[2H])[C@H](OC([2H])([2H])[2H])[C@H]3OC([2H])([2H])[2H])c(-c3ccc(OC([2H])([2H])[2H])c(OC([2H])([2H])[2H])c3)oc2c1. The Morgan fingerprint density at radius 2 is 1.28 bits per heavy atom. The van der Waals surface area contributed by atoms with E-state index in [-0.39, 0.29) is 0 Å². The van der Waals surface area contributed by atoms with Gasteiger partial charge in [0, 0.05) is 59.9 Å². The fourth-order valence-corrected chi connectivity index (χ4v) is 5.84. The lowest BCUT2D eigenvalue weighted by atomic mass is 9.97. The van der Waals surface area contributed by atoms with E-state index in [0.29, 0.717) is 18.2 Å². The quantitative estimate of drug-likeness (QED) is 0.208. The van der Waals surface area contributed by atoms with Gasteiger partial charge in [-0.2, -0.15) is 0 Å². The van der Waals surface area contributed by atoms with Crippen molar-refractivity contribution in [3.05, 3.63) is 40.6 Å². The van der Waals surface area contributed by atoms with Crippen molar-refractivity contribution in [2.24, 2.45) is 0 Å². The summed E-state index contributed by atoms with van der Waals surface area (Å²) in [4.78, 5) is 15.2. The van der Waals surface area contributed by atoms with Gasteiger partial charge in [0.1, 0.15) is 65.2 Å². The van der Waals surface area contributed by atoms with Crippen LogP contribution >= 0.6 is 0 Å². The summed E-state index contributed by atoms with van der Waals surface area (Å²) in [6.45, 7) is -0.268. The second-order valence-corrected chi connectivity index (χ2v) is 11.2. The van der Waals surface area contributed by atoms with Crippen molar-refractivity contribution in [3.63, 3.8) is 0 Å². The van der Waals surface area contributed by atoms with Crippen LogP contribution in [-0.2, 0) is 42.6 Å². The lowest BCUT2D eigenvalue weighted by Crippen LogP contribution is -2.63. The van der Waals surface area contributed by atoms with Crippen LogP contribution in [0.4, 0.5) is 0 Å². The summed E-state index contributed by atoms with van der Waals surface area (Å²) in [5.41, 5.74) is -3.08. The van der Waals surface area contributed by atoms with Crippen molar-refractivity contribution in [1.82, 2.24) is 0 Å². The molecule has 16 heteroatoms. The second kappa shape index (κ2) is 18.1. The third-order valence-corrected chi connectivity index (χ3v) is 8.34. The molecule has 0 amide bonds. The van der Waals surface area contributed by atoms with Crippen LogP contribution in [-0.4, -0.2) is 138 Å². The Hall–Kier alpha value is -3.71. The van der Waals surface area contributed by atoms with Gasteiger partial charge >= 0.3 is 0 Å². The number of hydrogen-bond donors (Lipinski definition) is 0. The summed E-state index contributed by atoms with van der Waals surface area (Å²) in [7, 11) is -35.0. The Kier molecular flexibility index (Phi) is 5.65.